The van der Waals surface area contributed by atoms with Gasteiger partial charge in [0.25, 0.3) is 0 Å². The highest BCUT2D eigenvalue weighted by Gasteiger charge is 2.02. The first-order chi connectivity index (χ1) is 9.07. The van der Waals surface area contributed by atoms with Crippen molar-refractivity contribution in [3.8, 4) is 0 Å². The number of aliphatic carboxylic acids is 1. The van der Waals surface area contributed by atoms with Crippen LogP contribution >= 0.6 is 0 Å². The summed E-state index contributed by atoms with van der Waals surface area (Å²) >= 11 is 0. The first kappa shape index (κ1) is 17.9. The number of hydrogen-bond donors (Lipinski definition) is 1. The molecule has 0 radical (unpaired) electrons. The molecule has 0 aromatic carbocycles. The molecule has 0 rings (SSSR count). The van der Waals surface area contributed by atoms with Gasteiger partial charge in [0.1, 0.15) is 0 Å². The Labute approximate surface area is 117 Å². The van der Waals surface area contributed by atoms with Gasteiger partial charge < -0.3 is 5.11 Å². The highest BCUT2D eigenvalue weighted by atomic mass is 16.4. The predicted molar refractivity (Wildman–Crippen MR) is 78.2 cm³/mol. The van der Waals surface area contributed by atoms with E-state index in [0.29, 0.717) is 0 Å². The van der Waals surface area contributed by atoms with Crippen LogP contribution in [0.25, 0.3) is 0 Å². The molecule has 3 nitrogen and oxygen atoms in total. The van der Waals surface area contributed by atoms with Crippen molar-refractivity contribution in [3.05, 3.63) is 11.6 Å². The summed E-state index contributed by atoms with van der Waals surface area (Å²) < 4.78 is 0. The van der Waals surface area contributed by atoms with Crippen molar-refractivity contribution in [2.24, 2.45) is 0 Å². The minimum atomic E-state index is -0.704. The van der Waals surface area contributed by atoms with Crippen molar-refractivity contribution in [3.63, 3.8) is 0 Å². The van der Waals surface area contributed by atoms with Gasteiger partial charge in [-0.15, -0.1) is 0 Å². The molecule has 110 valence electrons. The summed E-state index contributed by atoms with van der Waals surface area (Å²) in [7, 11) is 0. The fraction of sp³-hybridized carbons (Fsp3) is 0.750. The second-order valence-electron chi connectivity index (χ2n) is 5.09. The summed E-state index contributed by atoms with van der Waals surface area (Å²) in [5, 5.41) is 8.50. The number of rotatable bonds is 12. The highest BCUT2D eigenvalue weighted by Crippen LogP contribution is 2.13. The molecule has 0 bridgehead atoms. The van der Waals surface area contributed by atoms with E-state index in [1.807, 2.05) is 0 Å². The Balaban J connectivity index is 3.63. The van der Waals surface area contributed by atoms with Crippen LogP contribution in [0.5, 0.6) is 0 Å². The van der Waals surface area contributed by atoms with Gasteiger partial charge in [0, 0.05) is 6.42 Å². The first-order valence-corrected chi connectivity index (χ1v) is 7.49. The van der Waals surface area contributed by atoms with Crippen LogP contribution in [-0.2, 0) is 9.59 Å². The van der Waals surface area contributed by atoms with Crippen molar-refractivity contribution in [2.45, 2.75) is 78.1 Å². The number of unbranched alkanes of at least 4 members (excludes halogenated alkanes) is 6. The van der Waals surface area contributed by atoms with E-state index in [4.69, 9.17) is 5.11 Å². The minimum Gasteiger partial charge on any atom is -0.481 e. The molecule has 0 aliphatic rings. The normalized spacial score (nSPS) is 11.6. The molecule has 3 heteroatoms. The van der Waals surface area contributed by atoms with Crippen LogP contribution in [0.1, 0.15) is 78.1 Å². The average Bonchev–Trinajstić information content (AvgIpc) is 2.35. The van der Waals surface area contributed by atoms with Crippen LogP contribution in [0, 0.1) is 0 Å². The van der Waals surface area contributed by atoms with Crippen molar-refractivity contribution < 1.29 is 14.7 Å². The number of ketones is 1. The second-order valence-corrected chi connectivity index (χ2v) is 5.09. The van der Waals surface area contributed by atoms with Gasteiger partial charge in [-0.05, 0) is 44.6 Å². The predicted octanol–water partition coefficient (Wildman–Crippen LogP) is 4.51. The third-order valence-electron chi connectivity index (χ3n) is 3.24. The van der Waals surface area contributed by atoms with Crippen LogP contribution in [0.15, 0.2) is 11.6 Å². The Morgan fingerprint density at radius 2 is 1.58 bits per heavy atom. The molecule has 0 fully saturated rings. The molecule has 0 saturated heterocycles. The summed E-state index contributed by atoms with van der Waals surface area (Å²) in [4.78, 5) is 21.7. The van der Waals surface area contributed by atoms with Gasteiger partial charge in [-0.25, -0.2) is 0 Å². The van der Waals surface area contributed by atoms with Gasteiger partial charge in [-0.1, -0.05) is 38.7 Å². The molecule has 0 saturated carbocycles. The van der Waals surface area contributed by atoms with Gasteiger partial charge in [0.15, 0.2) is 5.78 Å². The Kier molecular flexibility index (Phi) is 11.2. The van der Waals surface area contributed by atoms with Crippen molar-refractivity contribution >= 4 is 11.8 Å². The second kappa shape index (κ2) is 11.9. The quantitative estimate of drug-likeness (QED) is 0.418. The summed E-state index contributed by atoms with van der Waals surface area (Å²) in [5.74, 6) is -0.500. The maximum atomic E-state index is 11.4. The molecule has 0 atom stereocenters. The maximum absolute atomic E-state index is 11.4. The lowest BCUT2D eigenvalue weighted by Crippen LogP contribution is -1.96. The molecule has 0 heterocycles. The largest absolute Gasteiger partial charge is 0.481 e. The SMILES string of the molecule is CCCC/C(=C\CCCCCCCC(=O)O)C(C)=O. The lowest BCUT2D eigenvalue weighted by molar-refractivity contribution is -0.137. The molecule has 0 amide bonds. The Hall–Kier alpha value is -1.12. The van der Waals surface area contributed by atoms with Crippen LogP contribution in [0.2, 0.25) is 0 Å². The highest BCUT2D eigenvalue weighted by molar-refractivity contribution is 5.93. The zero-order valence-electron chi connectivity index (χ0n) is 12.4. The summed E-state index contributed by atoms with van der Waals surface area (Å²) in [6, 6.07) is 0. The van der Waals surface area contributed by atoms with Crippen LogP contribution < -0.4 is 0 Å². The summed E-state index contributed by atoms with van der Waals surface area (Å²) in [6.45, 7) is 3.78. The van der Waals surface area contributed by atoms with Gasteiger partial charge in [-0.2, -0.15) is 0 Å². The number of allylic oxidation sites excluding steroid dienone is 2. The summed E-state index contributed by atoms with van der Waals surface area (Å²) in [6.07, 6.45) is 11.5. The van der Waals surface area contributed by atoms with E-state index < -0.39 is 5.97 Å². The van der Waals surface area contributed by atoms with E-state index in [9.17, 15) is 9.59 Å². The molecule has 0 aromatic heterocycles. The smallest absolute Gasteiger partial charge is 0.303 e. The van der Waals surface area contributed by atoms with Crippen LogP contribution in [-0.4, -0.2) is 16.9 Å². The number of carboxylic acids is 1. The topological polar surface area (TPSA) is 54.4 Å². The van der Waals surface area contributed by atoms with Gasteiger partial charge in [0.2, 0.25) is 0 Å². The standard InChI is InChI=1S/C16H28O3/c1-3-4-11-15(14(2)17)12-9-7-5-6-8-10-13-16(18)19/h12H,3-11,13H2,1-2H3,(H,18,19)/b15-12+. The number of Topliss-reactive ketones (excluding diaryl/α,β-unsaturated/α-hetero) is 1. The Morgan fingerprint density at radius 1 is 0.947 bits per heavy atom. The molecular weight excluding hydrogens is 240 g/mol. The molecule has 19 heavy (non-hydrogen) atoms. The zero-order valence-corrected chi connectivity index (χ0v) is 12.4. The van der Waals surface area contributed by atoms with Gasteiger partial charge in [0.05, 0.1) is 0 Å². The van der Waals surface area contributed by atoms with E-state index in [2.05, 4.69) is 13.0 Å². The molecule has 0 aromatic rings. The van der Waals surface area contributed by atoms with E-state index in [1.54, 1.807) is 6.92 Å². The number of carboxylic acid groups (broad SMARTS) is 1. The molecule has 0 aliphatic heterocycles. The monoisotopic (exact) mass is 268 g/mol. The molecular formula is C16H28O3. The first-order valence-electron chi connectivity index (χ1n) is 7.49. The third-order valence-corrected chi connectivity index (χ3v) is 3.24. The fourth-order valence-electron chi connectivity index (χ4n) is 2.02. The van der Waals surface area contributed by atoms with Crippen molar-refractivity contribution in [2.75, 3.05) is 0 Å². The van der Waals surface area contributed by atoms with E-state index in [0.717, 1.165) is 63.4 Å². The van der Waals surface area contributed by atoms with Crippen molar-refractivity contribution in [1.82, 2.24) is 0 Å². The van der Waals surface area contributed by atoms with Gasteiger partial charge in [-0.3, -0.25) is 9.59 Å². The minimum absolute atomic E-state index is 0.204. The number of carbonyl (C=O) groups excluding carboxylic acids is 1. The maximum Gasteiger partial charge on any atom is 0.303 e. The lowest BCUT2D eigenvalue weighted by Gasteiger charge is -2.03. The third kappa shape index (κ3) is 11.7. The fourth-order valence-corrected chi connectivity index (χ4v) is 2.02. The van der Waals surface area contributed by atoms with E-state index in [1.165, 1.54) is 0 Å². The zero-order chi connectivity index (χ0) is 14.5. The average molecular weight is 268 g/mol. The number of carbonyl (C=O) groups is 2. The molecule has 0 unspecified atom stereocenters. The lowest BCUT2D eigenvalue weighted by atomic mass is 10.0. The Bertz CT molecular complexity index is 292. The van der Waals surface area contributed by atoms with Gasteiger partial charge >= 0.3 is 5.97 Å². The Morgan fingerprint density at radius 3 is 2.16 bits per heavy atom. The van der Waals surface area contributed by atoms with E-state index in [-0.39, 0.29) is 12.2 Å². The van der Waals surface area contributed by atoms with Crippen LogP contribution in [0.4, 0.5) is 0 Å². The van der Waals surface area contributed by atoms with Crippen molar-refractivity contribution in [1.29, 1.82) is 0 Å². The molecule has 0 spiro atoms. The van der Waals surface area contributed by atoms with E-state index >= 15 is 0 Å². The van der Waals surface area contributed by atoms with Crippen LogP contribution in [0.3, 0.4) is 0 Å². The summed E-state index contributed by atoms with van der Waals surface area (Å²) in [5.41, 5.74) is 0.979. The molecule has 0 aliphatic carbocycles. The molecule has 1 N–H and O–H groups in total. The number of hydrogen-bond acceptors (Lipinski definition) is 2.